The molecule has 0 aliphatic rings. The van der Waals surface area contributed by atoms with Crippen molar-refractivity contribution < 1.29 is 57.0 Å². The summed E-state index contributed by atoms with van der Waals surface area (Å²) < 4.78 is 54.3. The van der Waals surface area contributed by atoms with Gasteiger partial charge in [0, 0.05) is 16.6 Å². The average Bonchev–Trinajstić information content (AvgIpc) is 3.12. The Hall–Kier alpha value is -3.78. The number of benzene rings is 2. The lowest BCUT2D eigenvalue weighted by Gasteiger charge is -2.26. The highest BCUT2D eigenvalue weighted by atomic mass is 16.6. The lowest BCUT2D eigenvalue weighted by atomic mass is 9.78. The lowest BCUT2D eigenvalue weighted by Crippen LogP contribution is -2.19. The molecule has 0 aromatic heterocycles. The number of carbonyl (C=O) groups excluding carboxylic acids is 2. The summed E-state index contributed by atoms with van der Waals surface area (Å²) in [5, 5.41) is 0. The van der Waals surface area contributed by atoms with Crippen LogP contribution in [0.25, 0.3) is 0 Å². The van der Waals surface area contributed by atoms with Crippen molar-refractivity contribution in [2.45, 2.75) is 33.1 Å². The van der Waals surface area contributed by atoms with Crippen molar-refractivity contribution in [1.82, 2.24) is 0 Å². The van der Waals surface area contributed by atoms with E-state index in [-0.39, 0.29) is 18.6 Å². The molecule has 0 radical (unpaired) electrons. The molecule has 0 saturated carbocycles. The van der Waals surface area contributed by atoms with E-state index in [9.17, 15) is 9.59 Å². The van der Waals surface area contributed by atoms with E-state index in [1.807, 2.05) is 24.3 Å². The molecule has 51 heavy (non-hydrogen) atoms. The maximum absolute atomic E-state index is 11.3. The van der Waals surface area contributed by atoms with Gasteiger partial charge in [-0.2, -0.15) is 0 Å². The zero-order valence-corrected chi connectivity index (χ0v) is 30.7. The third kappa shape index (κ3) is 19.4. The third-order valence-corrected chi connectivity index (χ3v) is 7.25. The first-order valence-corrected chi connectivity index (χ1v) is 17.2. The first-order valence-electron chi connectivity index (χ1n) is 17.2. The van der Waals surface area contributed by atoms with Gasteiger partial charge in [0.05, 0.1) is 79.3 Å². The van der Waals surface area contributed by atoms with Crippen molar-refractivity contribution in [2.24, 2.45) is 0 Å². The monoisotopic (exact) mass is 716 g/mol. The molecule has 0 saturated heterocycles. The second-order valence-electron chi connectivity index (χ2n) is 11.9. The predicted octanol–water partition coefficient (Wildman–Crippen LogP) is 5.11. The maximum atomic E-state index is 11.3. The molecule has 12 heteroatoms. The van der Waals surface area contributed by atoms with E-state index >= 15 is 0 Å². The van der Waals surface area contributed by atoms with Crippen LogP contribution in [0.1, 0.15) is 38.8 Å². The predicted molar refractivity (Wildman–Crippen MR) is 192 cm³/mol. The van der Waals surface area contributed by atoms with E-state index in [0.717, 1.165) is 11.5 Å². The number of carbonyl (C=O) groups is 2. The van der Waals surface area contributed by atoms with E-state index in [4.69, 9.17) is 47.4 Å². The molecule has 284 valence electrons. The number of hydrogen-bond donors (Lipinski definition) is 0. The highest BCUT2D eigenvalue weighted by Crippen LogP contribution is 2.33. The summed E-state index contributed by atoms with van der Waals surface area (Å²) in [6.07, 6.45) is 0. The first-order chi connectivity index (χ1) is 24.6. The van der Waals surface area contributed by atoms with Crippen molar-refractivity contribution in [3.05, 3.63) is 84.0 Å². The van der Waals surface area contributed by atoms with Crippen molar-refractivity contribution >= 4 is 11.9 Å². The highest BCUT2D eigenvalue weighted by Gasteiger charge is 2.23. The molecule has 2 aromatic rings. The zero-order valence-electron chi connectivity index (χ0n) is 30.7. The largest absolute Gasteiger partial charge is 0.491 e. The fourth-order valence-electron chi connectivity index (χ4n) is 4.26. The van der Waals surface area contributed by atoms with Gasteiger partial charge in [0.25, 0.3) is 0 Å². The van der Waals surface area contributed by atoms with Crippen LogP contribution in [-0.4, -0.2) is 118 Å². The van der Waals surface area contributed by atoms with Crippen LogP contribution in [-0.2, 0) is 52.9 Å². The van der Waals surface area contributed by atoms with Gasteiger partial charge in [-0.25, -0.2) is 9.59 Å². The standard InChI is InChI=1S/C39H56O12/c1-31(2)37(40)50-29-25-46-21-17-42-15-19-44-23-27-48-35-11-7-33(8-12-35)39(5,6)34-9-13-36(14-10-34)49-28-24-45-20-16-43-18-22-47-26-30-51-38(41)32(3)4/h7-14H,1,3,15-30H2,2,4-6H3. The van der Waals surface area contributed by atoms with Crippen molar-refractivity contribution in [1.29, 1.82) is 0 Å². The Morgan fingerprint density at radius 1 is 0.451 bits per heavy atom. The number of hydrogen-bond acceptors (Lipinski definition) is 12. The Bertz CT molecular complexity index is 1180. The van der Waals surface area contributed by atoms with Gasteiger partial charge in [0.2, 0.25) is 0 Å². The van der Waals surface area contributed by atoms with E-state index in [1.165, 1.54) is 11.1 Å². The molecule has 0 fully saturated rings. The van der Waals surface area contributed by atoms with Crippen LogP contribution in [0.2, 0.25) is 0 Å². The second-order valence-corrected chi connectivity index (χ2v) is 11.9. The van der Waals surface area contributed by atoms with Crippen molar-refractivity contribution in [2.75, 3.05) is 106 Å². The summed E-state index contributed by atoms with van der Waals surface area (Å²) in [4.78, 5) is 22.5. The SMILES string of the molecule is C=C(C)C(=O)OCCOCCOCCOCCOc1ccc(C(C)(C)c2ccc(OCCOCCOCCOCCOC(=O)C(=C)C)cc2)cc1. The molecule has 0 heterocycles. The molecule has 2 rings (SSSR count). The van der Waals surface area contributed by atoms with Crippen LogP contribution in [0.4, 0.5) is 0 Å². The van der Waals surface area contributed by atoms with Gasteiger partial charge < -0.3 is 47.4 Å². The Balaban J connectivity index is 1.50. The molecule has 0 aliphatic carbocycles. The molecular formula is C39H56O12. The summed E-state index contributed by atoms with van der Waals surface area (Å²) in [5.41, 5.74) is 2.85. The Morgan fingerprint density at radius 2 is 0.706 bits per heavy atom. The van der Waals surface area contributed by atoms with Gasteiger partial charge >= 0.3 is 11.9 Å². The van der Waals surface area contributed by atoms with Gasteiger partial charge in [-0.05, 0) is 49.2 Å². The van der Waals surface area contributed by atoms with E-state index in [0.29, 0.717) is 104 Å². The molecule has 0 amide bonds. The molecule has 0 unspecified atom stereocenters. The minimum Gasteiger partial charge on any atom is -0.491 e. The Morgan fingerprint density at radius 3 is 0.980 bits per heavy atom. The third-order valence-electron chi connectivity index (χ3n) is 7.25. The number of esters is 2. The molecule has 2 aromatic carbocycles. The summed E-state index contributed by atoms with van der Waals surface area (Å²) in [6.45, 7) is 20.9. The normalized spacial score (nSPS) is 11.2. The summed E-state index contributed by atoms with van der Waals surface area (Å²) in [5.74, 6) is 0.728. The van der Waals surface area contributed by atoms with Crippen LogP contribution in [0, 0.1) is 0 Å². The Kier molecular flexibility index (Phi) is 22.2. The smallest absolute Gasteiger partial charge is 0.333 e. The molecule has 0 N–H and O–H groups in total. The molecule has 12 nitrogen and oxygen atoms in total. The second kappa shape index (κ2) is 26.1. The van der Waals surface area contributed by atoms with Crippen LogP contribution in [0.5, 0.6) is 11.5 Å². The fraction of sp³-hybridized carbons (Fsp3) is 0.538. The van der Waals surface area contributed by atoms with Crippen LogP contribution in [0.3, 0.4) is 0 Å². The van der Waals surface area contributed by atoms with Crippen LogP contribution >= 0.6 is 0 Å². The van der Waals surface area contributed by atoms with Gasteiger partial charge in [0.1, 0.15) is 37.9 Å². The van der Waals surface area contributed by atoms with E-state index in [1.54, 1.807) is 13.8 Å². The average molecular weight is 717 g/mol. The Labute approximate surface area is 302 Å². The minimum atomic E-state index is -0.416. The fourth-order valence-corrected chi connectivity index (χ4v) is 4.26. The van der Waals surface area contributed by atoms with E-state index < -0.39 is 11.9 Å². The molecule has 0 atom stereocenters. The van der Waals surface area contributed by atoms with E-state index in [2.05, 4.69) is 51.3 Å². The molecule has 0 spiro atoms. The zero-order chi connectivity index (χ0) is 37.2. The maximum Gasteiger partial charge on any atom is 0.333 e. The highest BCUT2D eigenvalue weighted by molar-refractivity contribution is 5.87. The minimum absolute atomic E-state index is 0.192. The quantitative estimate of drug-likeness (QED) is 0.0606. The van der Waals surface area contributed by atoms with Crippen LogP contribution < -0.4 is 9.47 Å². The molecular weight excluding hydrogens is 660 g/mol. The number of rotatable bonds is 30. The topological polar surface area (TPSA) is 126 Å². The summed E-state index contributed by atoms with van der Waals surface area (Å²) in [6, 6.07) is 16.2. The van der Waals surface area contributed by atoms with Crippen molar-refractivity contribution in [3.8, 4) is 11.5 Å². The van der Waals surface area contributed by atoms with Crippen molar-refractivity contribution in [3.63, 3.8) is 0 Å². The molecule has 0 bridgehead atoms. The summed E-state index contributed by atoms with van der Waals surface area (Å²) >= 11 is 0. The van der Waals surface area contributed by atoms with Gasteiger partial charge in [-0.3, -0.25) is 0 Å². The first kappa shape index (κ1) is 43.4. The van der Waals surface area contributed by atoms with Gasteiger partial charge in [0.15, 0.2) is 0 Å². The van der Waals surface area contributed by atoms with Gasteiger partial charge in [-0.1, -0.05) is 51.3 Å². The number of ether oxygens (including phenoxy) is 10. The lowest BCUT2D eigenvalue weighted by molar-refractivity contribution is -0.141. The van der Waals surface area contributed by atoms with Gasteiger partial charge in [-0.15, -0.1) is 0 Å². The summed E-state index contributed by atoms with van der Waals surface area (Å²) in [7, 11) is 0. The van der Waals surface area contributed by atoms with Crippen LogP contribution in [0.15, 0.2) is 72.8 Å². The molecule has 0 aliphatic heterocycles.